The second-order valence-corrected chi connectivity index (χ2v) is 6.40. The number of nitrogens with one attached hydrogen (secondary N) is 1. The van der Waals surface area contributed by atoms with Crippen molar-refractivity contribution in [3.63, 3.8) is 0 Å². The Hall–Kier alpha value is -2.63. The van der Waals surface area contributed by atoms with Crippen LogP contribution >= 0.6 is 0 Å². The molecule has 0 spiro atoms. The maximum atomic E-state index is 12.9. The number of aromatic nitrogens is 2. The maximum absolute atomic E-state index is 12.9. The standard InChI is InChI=1S/C19H23N3O3/c1-12-13(2)20-18(21-19(12)24)15-8-6-10-22(15)17(23)11-14-7-4-5-9-16(14)25-3/h4-5,7,9,15H,6,8,10-11H2,1-3H3,(H,20,21,24). The van der Waals surface area contributed by atoms with E-state index < -0.39 is 0 Å². The summed E-state index contributed by atoms with van der Waals surface area (Å²) < 4.78 is 5.33. The second kappa shape index (κ2) is 7.09. The van der Waals surface area contributed by atoms with Crippen LogP contribution in [-0.2, 0) is 11.2 Å². The summed E-state index contributed by atoms with van der Waals surface area (Å²) in [7, 11) is 1.60. The molecule has 2 aromatic rings. The number of methoxy groups -OCH3 is 1. The molecule has 1 saturated heterocycles. The number of nitrogens with zero attached hydrogens (tertiary/aromatic N) is 2. The van der Waals surface area contributed by atoms with Gasteiger partial charge in [-0.05, 0) is 32.8 Å². The molecule has 2 heterocycles. The highest BCUT2D eigenvalue weighted by Crippen LogP contribution is 2.31. The summed E-state index contributed by atoms with van der Waals surface area (Å²) in [5.41, 5.74) is 2.06. The third-order valence-electron chi connectivity index (χ3n) is 4.84. The van der Waals surface area contributed by atoms with E-state index in [1.807, 2.05) is 36.1 Å². The molecule has 25 heavy (non-hydrogen) atoms. The number of carbonyl (C=O) groups is 1. The monoisotopic (exact) mass is 341 g/mol. The minimum Gasteiger partial charge on any atom is -0.496 e. The molecule has 1 fully saturated rings. The van der Waals surface area contributed by atoms with Crippen LogP contribution in [0.1, 0.15) is 41.5 Å². The van der Waals surface area contributed by atoms with E-state index in [-0.39, 0.29) is 23.9 Å². The van der Waals surface area contributed by atoms with Gasteiger partial charge in [-0.3, -0.25) is 9.59 Å². The Balaban J connectivity index is 1.84. The van der Waals surface area contributed by atoms with Gasteiger partial charge in [0, 0.05) is 23.4 Å². The highest BCUT2D eigenvalue weighted by Gasteiger charge is 2.32. The van der Waals surface area contributed by atoms with Gasteiger partial charge in [0.25, 0.3) is 5.56 Å². The minimum atomic E-state index is -0.172. The number of aryl methyl sites for hydroxylation is 1. The van der Waals surface area contributed by atoms with Crippen molar-refractivity contribution in [3.05, 3.63) is 57.3 Å². The van der Waals surface area contributed by atoms with E-state index in [2.05, 4.69) is 9.97 Å². The molecule has 0 aliphatic carbocycles. The lowest BCUT2D eigenvalue weighted by atomic mass is 10.1. The number of para-hydroxylation sites is 1. The van der Waals surface area contributed by atoms with Crippen molar-refractivity contribution in [2.75, 3.05) is 13.7 Å². The predicted octanol–water partition coefficient (Wildman–Crippen LogP) is 2.30. The van der Waals surface area contributed by atoms with E-state index in [9.17, 15) is 9.59 Å². The number of aromatic amines is 1. The molecule has 6 nitrogen and oxygen atoms in total. The van der Waals surface area contributed by atoms with Gasteiger partial charge in [-0.1, -0.05) is 18.2 Å². The molecule has 132 valence electrons. The Morgan fingerprint density at radius 2 is 2.12 bits per heavy atom. The van der Waals surface area contributed by atoms with Gasteiger partial charge in [-0.2, -0.15) is 0 Å². The van der Waals surface area contributed by atoms with E-state index in [4.69, 9.17) is 4.74 Å². The van der Waals surface area contributed by atoms with Gasteiger partial charge in [0.15, 0.2) is 0 Å². The molecule has 0 radical (unpaired) electrons. The van der Waals surface area contributed by atoms with Crippen LogP contribution < -0.4 is 10.3 Å². The van der Waals surface area contributed by atoms with Crippen molar-refractivity contribution < 1.29 is 9.53 Å². The lowest BCUT2D eigenvalue weighted by molar-refractivity contribution is -0.131. The van der Waals surface area contributed by atoms with Gasteiger partial charge in [-0.15, -0.1) is 0 Å². The number of carbonyl (C=O) groups excluding carboxylic acids is 1. The first kappa shape index (κ1) is 17.2. The Bertz CT molecular complexity index is 844. The molecule has 1 aromatic carbocycles. The first-order valence-corrected chi connectivity index (χ1v) is 8.50. The Morgan fingerprint density at radius 1 is 1.36 bits per heavy atom. The van der Waals surface area contributed by atoms with E-state index in [0.717, 1.165) is 18.4 Å². The number of H-pyrrole nitrogens is 1. The zero-order chi connectivity index (χ0) is 18.0. The fraction of sp³-hybridized carbons (Fsp3) is 0.421. The molecule has 0 saturated carbocycles. The molecule has 6 heteroatoms. The number of ether oxygens (including phenoxy) is 1. The molecular weight excluding hydrogens is 318 g/mol. The van der Waals surface area contributed by atoms with Gasteiger partial charge in [0.2, 0.25) is 5.91 Å². The van der Waals surface area contributed by atoms with Crippen LogP contribution in [0.25, 0.3) is 0 Å². The zero-order valence-electron chi connectivity index (χ0n) is 14.8. The van der Waals surface area contributed by atoms with Crippen LogP contribution in [0.3, 0.4) is 0 Å². The predicted molar refractivity (Wildman–Crippen MR) is 94.7 cm³/mol. The number of rotatable bonds is 4. The van der Waals surface area contributed by atoms with Crippen LogP contribution in [-0.4, -0.2) is 34.4 Å². The van der Waals surface area contributed by atoms with Crippen molar-refractivity contribution in [2.24, 2.45) is 0 Å². The van der Waals surface area contributed by atoms with Crippen LogP contribution in [0, 0.1) is 13.8 Å². The SMILES string of the molecule is COc1ccccc1CC(=O)N1CCCC1c1nc(C)c(C)c(=O)[nH]1. The highest BCUT2D eigenvalue weighted by atomic mass is 16.5. The molecular formula is C19H23N3O3. The fourth-order valence-electron chi connectivity index (χ4n) is 3.29. The topological polar surface area (TPSA) is 75.3 Å². The number of benzene rings is 1. The van der Waals surface area contributed by atoms with Crippen LogP contribution in [0.4, 0.5) is 0 Å². The average molecular weight is 341 g/mol. The van der Waals surface area contributed by atoms with Gasteiger partial charge >= 0.3 is 0 Å². The largest absolute Gasteiger partial charge is 0.496 e. The quantitative estimate of drug-likeness (QED) is 0.926. The Kier molecular flexibility index (Phi) is 4.88. The summed E-state index contributed by atoms with van der Waals surface area (Å²) in [5.74, 6) is 1.32. The highest BCUT2D eigenvalue weighted by molar-refractivity contribution is 5.80. The molecule has 3 rings (SSSR count). The lowest BCUT2D eigenvalue weighted by Crippen LogP contribution is -2.34. The smallest absolute Gasteiger partial charge is 0.254 e. The fourth-order valence-corrected chi connectivity index (χ4v) is 3.29. The van der Waals surface area contributed by atoms with Gasteiger partial charge in [0.05, 0.1) is 19.6 Å². The van der Waals surface area contributed by atoms with Crippen molar-refractivity contribution >= 4 is 5.91 Å². The van der Waals surface area contributed by atoms with Crippen molar-refractivity contribution in [2.45, 2.75) is 39.2 Å². The third kappa shape index (κ3) is 3.43. The average Bonchev–Trinajstić information content (AvgIpc) is 3.09. The first-order valence-electron chi connectivity index (χ1n) is 8.50. The summed E-state index contributed by atoms with van der Waals surface area (Å²) in [6.07, 6.45) is 1.98. The van der Waals surface area contributed by atoms with E-state index in [1.165, 1.54) is 0 Å². The Morgan fingerprint density at radius 3 is 2.84 bits per heavy atom. The third-order valence-corrected chi connectivity index (χ3v) is 4.84. The normalized spacial score (nSPS) is 16.9. The lowest BCUT2D eigenvalue weighted by Gasteiger charge is -2.24. The van der Waals surface area contributed by atoms with Crippen LogP contribution in [0.2, 0.25) is 0 Å². The van der Waals surface area contributed by atoms with Gasteiger partial charge in [-0.25, -0.2) is 4.98 Å². The van der Waals surface area contributed by atoms with E-state index in [1.54, 1.807) is 14.0 Å². The molecule has 1 N–H and O–H groups in total. The second-order valence-electron chi connectivity index (χ2n) is 6.40. The first-order chi connectivity index (χ1) is 12.0. The number of amides is 1. The molecule has 0 bridgehead atoms. The maximum Gasteiger partial charge on any atom is 0.254 e. The Labute approximate surface area is 146 Å². The zero-order valence-corrected chi connectivity index (χ0v) is 14.8. The molecule has 1 aliphatic rings. The number of likely N-dealkylation sites (tertiary alicyclic amines) is 1. The summed E-state index contributed by atoms with van der Waals surface area (Å²) in [5, 5.41) is 0. The van der Waals surface area contributed by atoms with Crippen LogP contribution in [0.15, 0.2) is 29.1 Å². The summed E-state index contributed by atoms with van der Waals surface area (Å²) in [6.45, 7) is 4.25. The molecule has 1 unspecified atom stereocenters. The summed E-state index contributed by atoms with van der Waals surface area (Å²) in [6, 6.07) is 7.36. The molecule has 1 aromatic heterocycles. The van der Waals surface area contributed by atoms with E-state index >= 15 is 0 Å². The van der Waals surface area contributed by atoms with Crippen molar-refractivity contribution in [3.8, 4) is 5.75 Å². The number of hydrogen-bond acceptors (Lipinski definition) is 4. The number of hydrogen-bond donors (Lipinski definition) is 1. The molecule has 1 aliphatic heterocycles. The van der Waals surface area contributed by atoms with Gasteiger partial charge < -0.3 is 14.6 Å². The van der Waals surface area contributed by atoms with Gasteiger partial charge in [0.1, 0.15) is 11.6 Å². The van der Waals surface area contributed by atoms with Crippen LogP contribution in [0.5, 0.6) is 5.75 Å². The molecule has 1 amide bonds. The summed E-state index contributed by atoms with van der Waals surface area (Å²) >= 11 is 0. The van der Waals surface area contributed by atoms with Crippen molar-refractivity contribution in [1.29, 1.82) is 0 Å². The summed E-state index contributed by atoms with van der Waals surface area (Å²) in [4.78, 5) is 34.1. The van der Waals surface area contributed by atoms with E-state index in [0.29, 0.717) is 29.4 Å². The minimum absolute atomic E-state index is 0.0212. The van der Waals surface area contributed by atoms with Crippen molar-refractivity contribution in [1.82, 2.24) is 14.9 Å². The molecule has 1 atom stereocenters.